The van der Waals surface area contributed by atoms with E-state index in [1.165, 1.54) is 16.4 Å². The quantitative estimate of drug-likeness (QED) is 0.410. The second-order valence-electron chi connectivity index (χ2n) is 8.09. The van der Waals surface area contributed by atoms with Crippen molar-refractivity contribution in [3.63, 3.8) is 0 Å². The molecule has 4 rings (SSSR count). The van der Waals surface area contributed by atoms with Gasteiger partial charge in [0.05, 0.1) is 10.6 Å². The molecular formula is C26H28N4O3S. The van der Waals surface area contributed by atoms with E-state index >= 15 is 0 Å². The van der Waals surface area contributed by atoms with Crippen LogP contribution in [-0.4, -0.2) is 37.7 Å². The summed E-state index contributed by atoms with van der Waals surface area (Å²) in [5.41, 5.74) is 1.67. The molecule has 8 heteroatoms. The maximum Gasteiger partial charge on any atom is 0.258 e. The third-order valence-corrected chi connectivity index (χ3v) is 7.46. The van der Waals surface area contributed by atoms with Crippen molar-refractivity contribution in [3.05, 3.63) is 90.5 Å². The van der Waals surface area contributed by atoms with Crippen LogP contribution in [0.2, 0.25) is 0 Å². The number of amides is 1. The minimum atomic E-state index is -3.66. The summed E-state index contributed by atoms with van der Waals surface area (Å²) in [5.74, 6) is -0.214. The number of carbonyl (C=O) groups is 1. The third kappa shape index (κ3) is 6.09. The molecule has 176 valence electrons. The molecule has 1 aliphatic heterocycles. The van der Waals surface area contributed by atoms with Crippen LogP contribution < -0.4 is 10.6 Å². The Bertz CT molecular complexity index is 1240. The Kier molecular flexibility index (Phi) is 7.72. The molecule has 34 heavy (non-hydrogen) atoms. The van der Waals surface area contributed by atoms with Gasteiger partial charge in [-0.2, -0.15) is 4.31 Å². The lowest BCUT2D eigenvalue weighted by Crippen LogP contribution is -2.36. The second-order valence-corrected chi connectivity index (χ2v) is 10.0. The lowest BCUT2D eigenvalue weighted by molar-refractivity contribution is 0.0977. The van der Waals surface area contributed by atoms with Gasteiger partial charge in [0.15, 0.2) is 0 Å². The molecule has 0 aliphatic carbocycles. The van der Waals surface area contributed by atoms with Crippen molar-refractivity contribution in [2.24, 2.45) is 4.99 Å². The number of hydrogen-bond donors (Lipinski definition) is 2. The number of aliphatic imine (C=N–C) groups is 1. The highest BCUT2D eigenvalue weighted by Crippen LogP contribution is 2.21. The Morgan fingerprint density at radius 1 is 0.794 bits per heavy atom. The van der Waals surface area contributed by atoms with Crippen LogP contribution in [0.3, 0.4) is 0 Å². The van der Waals surface area contributed by atoms with E-state index in [4.69, 9.17) is 0 Å². The Labute approximate surface area is 200 Å². The highest BCUT2D eigenvalue weighted by molar-refractivity contribution is 7.89. The first-order valence-corrected chi connectivity index (χ1v) is 12.8. The Morgan fingerprint density at radius 3 is 2.12 bits per heavy atom. The smallest absolute Gasteiger partial charge is 0.258 e. The van der Waals surface area contributed by atoms with Crippen molar-refractivity contribution < 1.29 is 13.2 Å². The van der Waals surface area contributed by atoms with Crippen LogP contribution in [0.5, 0.6) is 0 Å². The van der Waals surface area contributed by atoms with Gasteiger partial charge in [-0.15, -0.1) is 0 Å². The molecule has 0 radical (unpaired) electrons. The van der Waals surface area contributed by atoms with Gasteiger partial charge in [0.2, 0.25) is 16.0 Å². The molecule has 0 bridgehead atoms. The Morgan fingerprint density at radius 2 is 1.44 bits per heavy atom. The average molecular weight is 477 g/mol. The van der Waals surface area contributed by atoms with Crippen molar-refractivity contribution in [1.82, 2.24) is 9.62 Å². The molecule has 0 spiro atoms. The zero-order valence-corrected chi connectivity index (χ0v) is 19.7. The Hall–Kier alpha value is -3.49. The largest absolute Gasteiger partial charge is 0.326 e. The number of guanidine groups is 1. The van der Waals surface area contributed by atoms with Gasteiger partial charge < -0.3 is 5.32 Å². The van der Waals surface area contributed by atoms with E-state index in [0.29, 0.717) is 18.8 Å². The first kappa shape index (κ1) is 23.7. The predicted octanol–water partition coefficient (Wildman–Crippen LogP) is 4.78. The van der Waals surface area contributed by atoms with E-state index in [9.17, 15) is 13.2 Å². The van der Waals surface area contributed by atoms with Gasteiger partial charge in [-0.05, 0) is 55.3 Å². The van der Waals surface area contributed by atoms with Crippen LogP contribution in [0, 0.1) is 0 Å². The molecule has 1 saturated heterocycles. The van der Waals surface area contributed by atoms with E-state index < -0.39 is 15.9 Å². The average Bonchev–Trinajstić information content (AvgIpc) is 3.16. The number of nitrogens with one attached hydrogen (secondary N) is 2. The summed E-state index contributed by atoms with van der Waals surface area (Å²) in [5, 5.41) is 5.91. The van der Waals surface area contributed by atoms with Crippen molar-refractivity contribution in [2.45, 2.75) is 30.6 Å². The molecule has 2 N–H and O–H groups in total. The number of benzene rings is 3. The molecule has 0 unspecified atom stereocenters. The van der Waals surface area contributed by atoms with E-state index in [-0.39, 0.29) is 16.4 Å². The van der Waals surface area contributed by atoms with E-state index in [1.807, 2.05) is 60.7 Å². The number of carbonyl (C=O) groups excluding carboxylic acids is 1. The van der Waals surface area contributed by atoms with Gasteiger partial charge in [0.25, 0.3) is 5.91 Å². The Balaban J connectivity index is 1.57. The van der Waals surface area contributed by atoms with Gasteiger partial charge in [-0.25, -0.2) is 13.4 Å². The molecular weight excluding hydrogens is 448 g/mol. The molecule has 0 saturated carbocycles. The number of nitrogens with zero attached hydrogens (tertiary/aromatic N) is 2. The third-order valence-electron chi connectivity index (χ3n) is 5.56. The number of anilines is 1. The van der Waals surface area contributed by atoms with Crippen LogP contribution in [0.15, 0.2) is 94.8 Å². The lowest BCUT2D eigenvalue weighted by Gasteiger charge is -2.20. The lowest BCUT2D eigenvalue weighted by atomic mass is 10.2. The topological polar surface area (TPSA) is 90.9 Å². The van der Waals surface area contributed by atoms with Crippen LogP contribution in [0.4, 0.5) is 11.4 Å². The minimum absolute atomic E-state index is 0.125. The number of sulfonamides is 1. The molecule has 3 aromatic rings. The van der Waals surface area contributed by atoms with Gasteiger partial charge >= 0.3 is 0 Å². The molecule has 0 aromatic heterocycles. The van der Waals surface area contributed by atoms with Gasteiger partial charge in [0.1, 0.15) is 0 Å². The molecule has 0 atom stereocenters. The molecule has 1 fully saturated rings. The molecule has 3 aromatic carbocycles. The highest BCUT2D eigenvalue weighted by atomic mass is 32.2. The van der Waals surface area contributed by atoms with Crippen molar-refractivity contribution in [2.75, 3.05) is 18.4 Å². The molecule has 7 nitrogen and oxygen atoms in total. The van der Waals surface area contributed by atoms with Crippen LogP contribution in [0.25, 0.3) is 0 Å². The zero-order chi connectivity index (χ0) is 23.8. The van der Waals surface area contributed by atoms with Crippen molar-refractivity contribution in [1.29, 1.82) is 0 Å². The van der Waals surface area contributed by atoms with Gasteiger partial charge in [-0.1, -0.05) is 55.3 Å². The highest BCUT2D eigenvalue weighted by Gasteiger charge is 2.26. The first-order valence-electron chi connectivity index (χ1n) is 11.4. The fourth-order valence-electron chi connectivity index (χ4n) is 3.79. The zero-order valence-electron chi connectivity index (χ0n) is 18.9. The minimum Gasteiger partial charge on any atom is -0.326 e. The van der Waals surface area contributed by atoms with Crippen LogP contribution in [-0.2, 0) is 10.0 Å². The van der Waals surface area contributed by atoms with Crippen LogP contribution in [0.1, 0.15) is 36.0 Å². The normalized spacial score (nSPS) is 15.4. The number of hydrogen-bond acceptors (Lipinski definition) is 4. The van der Waals surface area contributed by atoms with E-state index in [1.54, 1.807) is 12.1 Å². The predicted molar refractivity (Wildman–Crippen MR) is 135 cm³/mol. The summed E-state index contributed by atoms with van der Waals surface area (Å²) < 4.78 is 27.9. The first-order chi connectivity index (χ1) is 16.5. The summed E-state index contributed by atoms with van der Waals surface area (Å²) in [7, 11) is -3.66. The maximum atomic E-state index is 13.2. The molecule has 1 amide bonds. The summed E-state index contributed by atoms with van der Waals surface area (Å²) >= 11 is 0. The summed E-state index contributed by atoms with van der Waals surface area (Å²) in [6.07, 6.45) is 3.77. The maximum absolute atomic E-state index is 13.2. The molecule has 1 heterocycles. The van der Waals surface area contributed by atoms with Gasteiger partial charge in [-0.3, -0.25) is 10.1 Å². The van der Waals surface area contributed by atoms with E-state index in [0.717, 1.165) is 31.4 Å². The summed E-state index contributed by atoms with van der Waals surface area (Å²) in [4.78, 5) is 17.8. The number of para-hydroxylation sites is 2. The fourth-order valence-corrected chi connectivity index (χ4v) is 5.35. The SMILES string of the molecule is O=C(NC(=Nc1ccccc1)Nc1ccccc1)c1cccc(S(=O)(=O)N2CCCCCC2)c1. The summed E-state index contributed by atoms with van der Waals surface area (Å²) in [6.45, 7) is 1.02. The van der Waals surface area contributed by atoms with Crippen molar-refractivity contribution in [3.8, 4) is 0 Å². The molecule has 1 aliphatic rings. The van der Waals surface area contributed by atoms with Gasteiger partial charge in [0, 0.05) is 24.3 Å². The van der Waals surface area contributed by atoms with E-state index in [2.05, 4.69) is 15.6 Å². The monoisotopic (exact) mass is 476 g/mol. The fraction of sp³-hybridized carbons (Fsp3) is 0.231. The van der Waals surface area contributed by atoms with Crippen LogP contribution >= 0.6 is 0 Å². The summed E-state index contributed by atoms with van der Waals surface area (Å²) in [6, 6.07) is 24.8. The standard InChI is InChI=1S/C26H28N4O3S/c31-25(21-12-11-17-24(20-21)34(32,33)30-18-9-1-2-10-19-30)29-26(27-22-13-5-3-6-14-22)28-23-15-7-4-8-16-23/h3-8,11-17,20H,1-2,9-10,18-19H2,(H2,27,28,29,31). The number of rotatable bonds is 5. The van der Waals surface area contributed by atoms with Crippen molar-refractivity contribution >= 4 is 33.3 Å². The second kappa shape index (κ2) is 11.1.